The minimum Gasteiger partial charge on any atom is -0.496 e. The third-order valence-corrected chi connectivity index (χ3v) is 3.84. The monoisotopic (exact) mass is 262 g/mol. The number of likely N-dealkylation sites (tertiary alicyclic amines) is 1. The molecule has 0 aromatic heterocycles. The van der Waals surface area contributed by atoms with E-state index in [1.54, 1.807) is 7.11 Å². The van der Waals surface area contributed by atoms with E-state index in [-0.39, 0.29) is 11.9 Å². The molecule has 2 unspecified atom stereocenters. The quantitative estimate of drug-likeness (QED) is 0.904. The van der Waals surface area contributed by atoms with E-state index in [0.29, 0.717) is 23.8 Å². The molecule has 1 aliphatic rings. The molecule has 19 heavy (non-hydrogen) atoms. The smallest absolute Gasteiger partial charge is 0.257 e. The molecule has 0 aliphatic carbocycles. The molecule has 1 aliphatic heterocycles. The molecular weight excluding hydrogens is 240 g/mol. The number of amides is 1. The summed E-state index contributed by atoms with van der Waals surface area (Å²) >= 11 is 0. The molecule has 0 radical (unpaired) electrons. The molecule has 4 nitrogen and oxygen atoms in total. The highest BCUT2D eigenvalue weighted by Crippen LogP contribution is 2.28. The number of benzene rings is 1. The first-order valence-corrected chi connectivity index (χ1v) is 6.72. The van der Waals surface area contributed by atoms with Crippen molar-refractivity contribution in [3.63, 3.8) is 0 Å². The maximum Gasteiger partial charge on any atom is 0.257 e. The number of carbonyl (C=O) groups is 1. The summed E-state index contributed by atoms with van der Waals surface area (Å²) < 4.78 is 5.30. The van der Waals surface area contributed by atoms with Gasteiger partial charge in [-0.15, -0.1) is 0 Å². The van der Waals surface area contributed by atoms with Crippen LogP contribution in [0.3, 0.4) is 0 Å². The van der Waals surface area contributed by atoms with Crippen LogP contribution in [-0.2, 0) is 0 Å². The minimum absolute atomic E-state index is 0.0454. The molecule has 1 aromatic rings. The first-order valence-electron chi connectivity index (χ1n) is 6.72. The number of carbonyl (C=O) groups excluding carboxylic acids is 1. The summed E-state index contributed by atoms with van der Waals surface area (Å²) in [5, 5.41) is 0. The lowest BCUT2D eigenvalue weighted by molar-refractivity contribution is 0.0740. The van der Waals surface area contributed by atoms with Crippen molar-refractivity contribution in [3.05, 3.63) is 29.3 Å². The lowest BCUT2D eigenvalue weighted by Gasteiger charge is -2.22. The molecule has 0 bridgehead atoms. The number of methoxy groups -OCH3 is 1. The SMILES string of the molecule is COc1ccc(C)cc1C(=O)N1CC(CN)CC1C. The summed E-state index contributed by atoms with van der Waals surface area (Å²) in [4.78, 5) is 14.6. The highest BCUT2D eigenvalue weighted by atomic mass is 16.5. The summed E-state index contributed by atoms with van der Waals surface area (Å²) in [7, 11) is 1.59. The van der Waals surface area contributed by atoms with Gasteiger partial charge in [-0.3, -0.25) is 4.79 Å². The van der Waals surface area contributed by atoms with E-state index in [1.165, 1.54) is 0 Å². The molecule has 0 spiro atoms. The molecule has 2 atom stereocenters. The van der Waals surface area contributed by atoms with Crippen LogP contribution in [0.25, 0.3) is 0 Å². The zero-order chi connectivity index (χ0) is 14.0. The summed E-state index contributed by atoms with van der Waals surface area (Å²) in [6.07, 6.45) is 0.983. The third kappa shape index (κ3) is 2.73. The summed E-state index contributed by atoms with van der Waals surface area (Å²) in [5.74, 6) is 1.10. The molecule has 1 heterocycles. The zero-order valence-electron chi connectivity index (χ0n) is 11.8. The van der Waals surface area contributed by atoms with E-state index in [4.69, 9.17) is 10.5 Å². The van der Waals surface area contributed by atoms with Crippen molar-refractivity contribution in [2.45, 2.75) is 26.3 Å². The average Bonchev–Trinajstić information content (AvgIpc) is 2.79. The van der Waals surface area contributed by atoms with Gasteiger partial charge in [0.2, 0.25) is 0 Å². The number of hydrogen-bond donors (Lipinski definition) is 1. The normalized spacial score (nSPS) is 22.6. The molecule has 2 N–H and O–H groups in total. The Bertz CT molecular complexity index is 473. The number of rotatable bonds is 3. The fraction of sp³-hybridized carbons (Fsp3) is 0.533. The lowest BCUT2D eigenvalue weighted by atomic mass is 10.1. The molecule has 2 rings (SSSR count). The van der Waals surface area contributed by atoms with E-state index in [1.807, 2.05) is 30.0 Å². The van der Waals surface area contributed by atoms with Crippen molar-refractivity contribution in [1.29, 1.82) is 0 Å². The Kier molecular flexibility index (Phi) is 4.10. The molecule has 4 heteroatoms. The highest BCUT2D eigenvalue weighted by molar-refractivity contribution is 5.97. The van der Waals surface area contributed by atoms with E-state index < -0.39 is 0 Å². The van der Waals surface area contributed by atoms with Crippen LogP contribution in [0.5, 0.6) is 5.75 Å². The van der Waals surface area contributed by atoms with E-state index in [2.05, 4.69) is 6.92 Å². The second-order valence-electron chi connectivity index (χ2n) is 5.35. The Morgan fingerprint density at radius 1 is 1.53 bits per heavy atom. The van der Waals surface area contributed by atoms with Gasteiger partial charge in [0.1, 0.15) is 5.75 Å². The standard InChI is InChI=1S/C15H22N2O2/c1-10-4-5-14(19-3)13(6-10)15(18)17-9-12(8-16)7-11(17)2/h4-6,11-12H,7-9,16H2,1-3H3. The largest absolute Gasteiger partial charge is 0.496 e. The Labute approximate surface area is 114 Å². The number of aryl methyl sites for hydroxylation is 1. The van der Waals surface area contributed by atoms with Crippen LogP contribution in [-0.4, -0.2) is 37.0 Å². The molecule has 1 saturated heterocycles. The predicted molar refractivity (Wildman–Crippen MR) is 75.4 cm³/mol. The second-order valence-corrected chi connectivity index (χ2v) is 5.35. The number of nitrogens with zero attached hydrogens (tertiary/aromatic N) is 1. The topological polar surface area (TPSA) is 55.6 Å². The van der Waals surface area contributed by atoms with Gasteiger partial charge in [-0.25, -0.2) is 0 Å². The molecule has 104 valence electrons. The van der Waals surface area contributed by atoms with Gasteiger partial charge in [0.15, 0.2) is 0 Å². The van der Waals surface area contributed by atoms with Crippen molar-refractivity contribution < 1.29 is 9.53 Å². The molecule has 1 aromatic carbocycles. The average molecular weight is 262 g/mol. The molecule has 1 amide bonds. The van der Waals surface area contributed by atoms with Gasteiger partial charge in [0, 0.05) is 12.6 Å². The molecule has 1 fully saturated rings. The van der Waals surface area contributed by atoms with Crippen molar-refractivity contribution in [1.82, 2.24) is 4.90 Å². The maximum absolute atomic E-state index is 12.7. The van der Waals surface area contributed by atoms with Crippen LogP contribution >= 0.6 is 0 Å². The molecule has 0 saturated carbocycles. The van der Waals surface area contributed by atoms with Gasteiger partial charge in [-0.1, -0.05) is 11.6 Å². The number of hydrogen-bond acceptors (Lipinski definition) is 3. The highest BCUT2D eigenvalue weighted by Gasteiger charge is 2.33. The van der Waals surface area contributed by atoms with E-state index in [9.17, 15) is 4.79 Å². The maximum atomic E-state index is 12.7. The fourth-order valence-electron chi connectivity index (χ4n) is 2.74. The second kappa shape index (κ2) is 5.61. The van der Waals surface area contributed by atoms with Crippen molar-refractivity contribution in [3.8, 4) is 5.75 Å². The van der Waals surface area contributed by atoms with Gasteiger partial charge in [0.05, 0.1) is 12.7 Å². The van der Waals surface area contributed by atoms with Gasteiger partial charge in [-0.2, -0.15) is 0 Å². The van der Waals surface area contributed by atoms with Crippen LogP contribution < -0.4 is 10.5 Å². The van der Waals surface area contributed by atoms with Crippen LogP contribution in [0, 0.1) is 12.8 Å². The predicted octanol–water partition coefficient (Wildman–Crippen LogP) is 1.81. The van der Waals surface area contributed by atoms with E-state index in [0.717, 1.165) is 18.5 Å². The van der Waals surface area contributed by atoms with Crippen LogP contribution in [0.1, 0.15) is 29.3 Å². The summed E-state index contributed by atoms with van der Waals surface area (Å²) in [5.41, 5.74) is 7.42. The van der Waals surface area contributed by atoms with Gasteiger partial charge in [-0.05, 0) is 44.9 Å². The Morgan fingerprint density at radius 3 is 2.84 bits per heavy atom. The minimum atomic E-state index is 0.0454. The van der Waals surface area contributed by atoms with Crippen LogP contribution in [0.2, 0.25) is 0 Å². The molecular formula is C15H22N2O2. The Morgan fingerprint density at radius 2 is 2.26 bits per heavy atom. The van der Waals surface area contributed by atoms with Crippen molar-refractivity contribution >= 4 is 5.91 Å². The Balaban J connectivity index is 2.27. The number of ether oxygens (including phenoxy) is 1. The zero-order valence-corrected chi connectivity index (χ0v) is 11.8. The fourth-order valence-corrected chi connectivity index (χ4v) is 2.74. The van der Waals surface area contributed by atoms with Crippen molar-refractivity contribution in [2.75, 3.05) is 20.2 Å². The van der Waals surface area contributed by atoms with E-state index >= 15 is 0 Å². The van der Waals surface area contributed by atoms with Gasteiger partial charge < -0.3 is 15.4 Å². The summed E-state index contributed by atoms with van der Waals surface area (Å²) in [6, 6.07) is 5.94. The number of nitrogens with two attached hydrogens (primary N) is 1. The van der Waals surface area contributed by atoms with Gasteiger partial charge in [0.25, 0.3) is 5.91 Å². The van der Waals surface area contributed by atoms with Gasteiger partial charge >= 0.3 is 0 Å². The first kappa shape index (κ1) is 13.9. The van der Waals surface area contributed by atoms with Crippen LogP contribution in [0.15, 0.2) is 18.2 Å². The lowest BCUT2D eigenvalue weighted by Crippen LogP contribution is -2.34. The van der Waals surface area contributed by atoms with Crippen LogP contribution in [0.4, 0.5) is 0 Å². The third-order valence-electron chi connectivity index (χ3n) is 3.84. The summed E-state index contributed by atoms with van der Waals surface area (Å²) in [6.45, 7) is 5.44. The Hall–Kier alpha value is -1.55. The first-order chi connectivity index (χ1) is 9.06. The van der Waals surface area contributed by atoms with Crippen molar-refractivity contribution in [2.24, 2.45) is 11.7 Å².